The first kappa shape index (κ1) is 15.0. The summed E-state index contributed by atoms with van der Waals surface area (Å²) in [6, 6.07) is 25.7. The third kappa shape index (κ3) is 3.35. The van der Waals surface area contributed by atoms with Gasteiger partial charge in [0.15, 0.2) is 11.6 Å². The van der Waals surface area contributed by atoms with Crippen LogP contribution >= 0.6 is 0 Å². The molecular formula is C20H17N5. The molecule has 25 heavy (non-hydrogen) atoms. The van der Waals surface area contributed by atoms with Crippen molar-refractivity contribution in [1.82, 2.24) is 9.97 Å². The number of nitrogens with two attached hydrogens (primary N) is 1. The minimum Gasteiger partial charge on any atom is -0.381 e. The van der Waals surface area contributed by atoms with Gasteiger partial charge >= 0.3 is 0 Å². The molecule has 0 aliphatic carbocycles. The zero-order valence-electron chi connectivity index (χ0n) is 13.5. The number of para-hydroxylation sites is 3. The van der Waals surface area contributed by atoms with Gasteiger partial charge in [0, 0.05) is 17.1 Å². The van der Waals surface area contributed by atoms with E-state index in [-0.39, 0.29) is 0 Å². The molecule has 4 rings (SSSR count). The number of anilines is 5. The van der Waals surface area contributed by atoms with Crippen molar-refractivity contribution in [3.63, 3.8) is 0 Å². The molecule has 0 radical (unpaired) electrons. The third-order valence-electron chi connectivity index (χ3n) is 3.81. The average molecular weight is 327 g/mol. The van der Waals surface area contributed by atoms with Crippen molar-refractivity contribution in [2.45, 2.75) is 0 Å². The fourth-order valence-electron chi connectivity index (χ4n) is 2.57. The van der Waals surface area contributed by atoms with E-state index in [1.54, 1.807) is 0 Å². The summed E-state index contributed by atoms with van der Waals surface area (Å²) in [4.78, 5) is 8.93. The molecule has 0 fully saturated rings. The third-order valence-corrected chi connectivity index (χ3v) is 3.81. The van der Waals surface area contributed by atoms with Crippen molar-refractivity contribution in [2.24, 2.45) is 0 Å². The first-order chi connectivity index (χ1) is 12.3. The Labute approximate surface area is 145 Å². The largest absolute Gasteiger partial charge is 0.381 e. The maximum Gasteiger partial charge on any atom is 0.174 e. The number of nitrogens with one attached hydrogen (secondary N) is 2. The van der Waals surface area contributed by atoms with Crippen molar-refractivity contribution in [2.75, 3.05) is 16.4 Å². The van der Waals surface area contributed by atoms with Crippen molar-refractivity contribution < 1.29 is 0 Å². The lowest BCUT2D eigenvalue weighted by Gasteiger charge is -2.10. The molecule has 0 saturated heterocycles. The molecule has 4 aromatic rings. The summed E-state index contributed by atoms with van der Waals surface area (Å²) in [5.41, 5.74) is 10.6. The SMILES string of the molecule is Nc1nc2ccccc2nc1Nc1ccc(Nc2ccccc2)cc1. The van der Waals surface area contributed by atoms with Crippen LogP contribution in [0.5, 0.6) is 0 Å². The van der Waals surface area contributed by atoms with E-state index in [1.807, 2.05) is 78.9 Å². The standard InChI is InChI=1S/C20H17N5/c21-19-20(25-18-9-5-4-8-17(18)24-19)23-16-12-10-15(11-13-16)22-14-6-2-1-3-7-14/h1-13,22H,(H2,21,24)(H,23,25). The maximum absolute atomic E-state index is 6.02. The lowest BCUT2D eigenvalue weighted by molar-refractivity contribution is 1.29. The second-order valence-electron chi connectivity index (χ2n) is 5.64. The van der Waals surface area contributed by atoms with Gasteiger partial charge in [0.05, 0.1) is 11.0 Å². The minimum atomic E-state index is 0.380. The lowest BCUT2D eigenvalue weighted by Crippen LogP contribution is -2.02. The van der Waals surface area contributed by atoms with Crippen LogP contribution in [0.4, 0.5) is 28.7 Å². The number of rotatable bonds is 4. The van der Waals surface area contributed by atoms with Crippen LogP contribution in [-0.4, -0.2) is 9.97 Å². The van der Waals surface area contributed by atoms with Crippen LogP contribution < -0.4 is 16.4 Å². The van der Waals surface area contributed by atoms with Crippen LogP contribution in [0, 0.1) is 0 Å². The number of hydrogen-bond acceptors (Lipinski definition) is 5. The summed E-state index contributed by atoms with van der Waals surface area (Å²) < 4.78 is 0. The van der Waals surface area contributed by atoms with Gasteiger partial charge in [-0.25, -0.2) is 9.97 Å². The molecule has 122 valence electrons. The summed E-state index contributed by atoms with van der Waals surface area (Å²) in [5, 5.41) is 6.58. The van der Waals surface area contributed by atoms with E-state index in [0.717, 1.165) is 28.1 Å². The predicted octanol–water partition coefficient (Wildman–Crippen LogP) is 4.70. The summed E-state index contributed by atoms with van der Waals surface area (Å²) >= 11 is 0. The van der Waals surface area contributed by atoms with Crippen molar-refractivity contribution in [1.29, 1.82) is 0 Å². The van der Waals surface area contributed by atoms with E-state index in [4.69, 9.17) is 5.73 Å². The fourth-order valence-corrected chi connectivity index (χ4v) is 2.57. The Hall–Kier alpha value is -3.60. The van der Waals surface area contributed by atoms with Gasteiger partial charge in [0.1, 0.15) is 0 Å². The van der Waals surface area contributed by atoms with Gasteiger partial charge in [-0.2, -0.15) is 0 Å². The first-order valence-electron chi connectivity index (χ1n) is 7.99. The number of hydrogen-bond donors (Lipinski definition) is 3. The molecule has 0 aliphatic rings. The van der Waals surface area contributed by atoms with Gasteiger partial charge < -0.3 is 16.4 Å². The normalized spacial score (nSPS) is 10.6. The molecule has 0 bridgehead atoms. The molecule has 0 unspecified atom stereocenters. The number of benzene rings is 3. The van der Waals surface area contributed by atoms with Crippen molar-refractivity contribution >= 4 is 39.7 Å². The van der Waals surface area contributed by atoms with Crippen LogP contribution in [0.1, 0.15) is 0 Å². The monoisotopic (exact) mass is 327 g/mol. The van der Waals surface area contributed by atoms with E-state index in [0.29, 0.717) is 11.6 Å². The predicted molar refractivity (Wildman–Crippen MR) is 103 cm³/mol. The smallest absolute Gasteiger partial charge is 0.174 e. The van der Waals surface area contributed by atoms with Crippen LogP contribution in [0.25, 0.3) is 11.0 Å². The van der Waals surface area contributed by atoms with Crippen LogP contribution in [0.3, 0.4) is 0 Å². The highest BCUT2D eigenvalue weighted by molar-refractivity contribution is 5.81. The van der Waals surface area contributed by atoms with Gasteiger partial charge in [-0.15, -0.1) is 0 Å². The average Bonchev–Trinajstić information content (AvgIpc) is 2.65. The summed E-state index contributed by atoms with van der Waals surface area (Å²) in [6.07, 6.45) is 0. The quantitative estimate of drug-likeness (QED) is 0.506. The Bertz CT molecular complexity index is 997. The van der Waals surface area contributed by atoms with Crippen LogP contribution in [0.2, 0.25) is 0 Å². The number of nitrogens with zero attached hydrogens (tertiary/aromatic N) is 2. The zero-order chi connectivity index (χ0) is 17.1. The molecule has 1 aromatic heterocycles. The Morgan fingerprint density at radius 3 is 1.76 bits per heavy atom. The maximum atomic E-state index is 6.02. The van der Waals surface area contributed by atoms with Crippen LogP contribution in [-0.2, 0) is 0 Å². The molecule has 0 aliphatic heterocycles. The molecule has 1 heterocycles. The van der Waals surface area contributed by atoms with Gasteiger partial charge in [0.25, 0.3) is 0 Å². The topological polar surface area (TPSA) is 75.9 Å². The molecule has 4 N–H and O–H groups in total. The lowest BCUT2D eigenvalue weighted by atomic mass is 10.2. The van der Waals surface area contributed by atoms with Crippen molar-refractivity contribution in [3.8, 4) is 0 Å². The van der Waals surface area contributed by atoms with E-state index in [1.165, 1.54) is 0 Å². The van der Waals surface area contributed by atoms with E-state index in [9.17, 15) is 0 Å². The fraction of sp³-hybridized carbons (Fsp3) is 0. The van der Waals surface area contributed by atoms with Gasteiger partial charge in [-0.05, 0) is 48.5 Å². The summed E-state index contributed by atoms with van der Waals surface area (Å²) in [6.45, 7) is 0. The second kappa shape index (κ2) is 6.49. The van der Waals surface area contributed by atoms with Gasteiger partial charge in [-0.1, -0.05) is 30.3 Å². The van der Waals surface area contributed by atoms with E-state index >= 15 is 0 Å². The molecular weight excluding hydrogens is 310 g/mol. The number of nitrogen functional groups attached to an aromatic ring is 1. The van der Waals surface area contributed by atoms with Crippen molar-refractivity contribution in [3.05, 3.63) is 78.9 Å². The number of fused-ring (bicyclic) bond motifs is 1. The summed E-state index contributed by atoms with van der Waals surface area (Å²) in [7, 11) is 0. The zero-order valence-corrected chi connectivity index (χ0v) is 13.5. The molecule has 0 spiro atoms. The second-order valence-corrected chi connectivity index (χ2v) is 5.64. The molecule has 0 atom stereocenters. The van der Waals surface area contributed by atoms with Gasteiger partial charge in [-0.3, -0.25) is 0 Å². The molecule has 0 saturated carbocycles. The Morgan fingerprint density at radius 1 is 0.560 bits per heavy atom. The minimum absolute atomic E-state index is 0.380. The van der Waals surface area contributed by atoms with E-state index in [2.05, 4.69) is 20.6 Å². The highest BCUT2D eigenvalue weighted by Gasteiger charge is 2.06. The summed E-state index contributed by atoms with van der Waals surface area (Å²) in [5.74, 6) is 0.938. The highest BCUT2D eigenvalue weighted by Crippen LogP contribution is 2.24. The Morgan fingerprint density at radius 2 is 1.08 bits per heavy atom. The number of aromatic nitrogens is 2. The molecule has 3 aromatic carbocycles. The molecule has 5 heteroatoms. The van der Waals surface area contributed by atoms with E-state index < -0.39 is 0 Å². The molecule has 0 amide bonds. The Balaban J connectivity index is 1.54. The molecule has 5 nitrogen and oxygen atoms in total. The van der Waals surface area contributed by atoms with Gasteiger partial charge in [0.2, 0.25) is 0 Å². The Kier molecular flexibility index (Phi) is 3.88. The highest BCUT2D eigenvalue weighted by atomic mass is 15.1. The van der Waals surface area contributed by atoms with Crippen LogP contribution in [0.15, 0.2) is 78.9 Å². The first-order valence-corrected chi connectivity index (χ1v) is 7.99.